The summed E-state index contributed by atoms with van der Waals surface area (Å²) in [6.45, 7) is 11.1. The Balaban J connectivity index is 1.87. The Bertz CT molecular complexity index is 481. The minimum Gasteiger partial charge on any atom is -0.357 e. The zero-order valence-electron chi connectivity index (χ0n) is 14.3. The van der Waals surface area contributed by atoms with Gasteiger partial charge in [0.2, 0.25) is 0 Å². The zero-order chi connectivity index (χ0) is 15.9. The van der Waals surface area contributed by atoms with Gasteiger partial charge in [-0.05, 0) is 33.2 Å². The molecule has 0 unspecified atom stereocenters. The van der Waals surface area contributed by atoms with E-state index in [0.29, 0.717) is 0 Å². The molecular formula is C16H29N5S. The molecule has 0 saturated heterocycles. The van der Waals surface area contributed by atoms with Crippen LogP contribution in [0, 0.1) is 6.92 Å². The number of nitrogens with zero attached hydrogens (tertiary/aromatic N) is 4. The molecule has 124 valence electrons. The van der Waals surface area contributed by atoms with Crippen molar-refractivity contribution in [3.05, 3.63) is 16.1 Å². The maximum Gasteiger partial charge on any atom is 0.194 e. The molecule has 1 heterocycles. The van der Waals surface area contributed by atoms with E-state index in [1.54, 1.807) is 11.3 Å². The number of aromatic nitrogens is 1. The first-order chi connectivity index (χ1) is 10.6. The van der Waals surface area contributed by atoms with E-state index >= 15 is 0 Å². The van der Waals surface area contributed by atoms with Crippen molar-refractivity contribution in [1.29, 1.82) is 0 Å². The van der Waals surface area contributed by atoms with Crippen LogP contribution in [0.15, 0.2) is 10.4 Å². The smallest absolute Gasteiger partial charge is 0.194 e. The molecule has 5 nitrogen and oxygen atoms in total. The standard InChI is InChI=1S/C16H29N5S/c1-5-17-16(18-9-10-21(6-2)15-7-8-15)20(4)11-14-12-22-13(3)19-14/h12,15H,5-11H2,1-4H3,(H,17,18). The predicted molar refractivity (Wildman–Crippen MR) is 94.6 cm³/mol. The highest BCUT2D eigenvalue weighted by molar-refractivity contribution is 7.09. The molecule has 22 heavy (non-hydrogen) atoms. The fraction of sp³-hybridized carbons (Fsp3) is 0.750. The number of guanidine groups is 1. The molecule has 1 saturated carbocycles. The van der Waals surface area contributed by atoms with Crippen molar-refractivity contribution in [3.63, 3.8) is 0 Å². The molecule has 6 heteroatoms. The van der Waals surface area contributed by atoms with Gasteiger partial charge in [-0.25, -0.2) is 4.98 Å². The van der Waals surface area contributed by atoms with Gasteiger partial charge in [-0.3, -0.25) is 9.89 Å². The van der Waals surface area contributed by atoms with Crippen LogP contribution < -0.4 is 5.32 Å². The molecule has 2 rings (SSSR count). The van der Waals surface area contributed by atoms with Gasteiger partial charge in [-0.15, -0.1) is 11.3 Å². The largest absolute Gasteiger partial charge is 0.357 e. The third kappa shape index (κ3) is 5.25. The van der Waals surface area contributed by atoms with Crippen LogP contribution in [0.4, 0.5) is 0 Å². The number of rotatable bonds is 8. The molecule has 0 amide bonds. The minimum atomic E-state index is 0.802. The molecule has 0 atom stereocenters. The second-order valence-electron chi connectivity index (χ2n) is 5.81. The SMILES string of the molecule is CCNC(=NCCN(CC)C1CC1)N(C)Cc1csc(C)n1. The van der Waals surface area contributed by atoms with Gasteiger partial charge in [-0.1, -0.05) is 6.92 Å². The third-order valence-electron chi connectivity index (χ3n) is 3.88. The first-order valence-corrected chi connectivity index (χ1v) is 9.16. The summed E-state index contributed by atoms with van der Waals surface area (Å²) in [4.78, 5) is 14.0. The number of aliphatic imine (C=N–C) groups is 1. The van der Waals surface area contributed by atoms with Crippen LogP contribution in [-0.2, 0) is 6.54 Å². The van der Waals surface area contributed by atoms with Crippen molar-refractivity contribution in [3.8, 4) is 0 Å². The summed E-state index contributed by atoms with van der Waals surface area (Å²) in [5, 5.41) is 6.62. The highest BCUT2D eigenvalue weighted by Crippen LogP contribution is 2.25. The monoisotopic (exact) mass is 323 g/mol. The van der Waals surface area contributed by atoms with Gasteiger partial charge < -0.3 is 10.2 Å². The summed E-state index contributed by atoms with van der Waals surface area (Å²) in [5.74, 6) is 0.972. The quantitative estimate of drug-likeness (QED) is 0.589. The van der Waals surface area contributed by atoms with Crippen molar-refractivity contribution < 1.29 is 0 Å². The van der Waals surface area contributed by atoms with Crippen LogP contribution in [0.3, 0.4) is 0 Å². The topological polar surface area (TPSA) is 43.8 Å². The normalized spacial score (nSPS) is 15.4. The van der Waals surface area contributed by atoms with Crippen LogP contribution in [0.2, 0.25) is 0 Å². The van der Waals surface area contributed by atoms with Gasteiger partial charge in [0, 0.05) is 31.6 Å². The van der Waals surface area contributed by atoms with Crippen molar-refractivity contribution in [2.75, 3.05) is 33.2 Å². The number of hydrogen-bond acceptors (Lipinski definition) is 4. The number of aryl methyl sites for hydroxylation is 1. The number of hydrogen-bond donors (Lipinski definition) is 1. The van der Waals surface area contributed by atoms with Gasteiger partial charge >= 0.3 is 0 Å². The first kappa shape index (κ1) is 17.2. The minimum absolute atomic E-state index is 0.802. The van der Waals surface area contributed by atoms with Crippen LogP contribution in [-0.4, -0.2) is 60.0 Å². The van der Waals surface area contributed by atoms with E-state index < -0.39 is 0 Å². The Labute approximate surface area is 138 Å². The van der Waals surface area contributed by atoms with Gasteiger partial charge in [0.05, 0.1) is 23.8 Å². The second kappa shape index (κ2) is 8.48. The lowest BCUT2D eigenvalue weighted by Gasteiger charge is -2.22. The summed E-state index contributed by atoms with van der Waals surface area (Å²) < 4.78 is 0. The Kier molecular flexibility index (Phi) is 6.64. The lowest BCUT2D eigenvalue weighted by Crippen LogP contribution is -2.39. The van der Waals surface area contributed by atoms with Crippen LogP contribution in [0.1, 0.15) is 37.4 Å². The molecular weight excluding hydrogens is 294 g/mol. The van der Waals surface area contributed by atoms with Crippen molar-refractivity contribution in [2.24, 2.45) is 4.99 Å². The van der Waals surface area contributed by atoms with Crippen LogP contribution in [0.5, 0.6) is 0 Å². The molecule has 0 spiro atoms. The fourth-order valence-electron chi connectivity index (χ4n) is 2.59. The highest BCUT2D eigenvalue weighted by atomic mass is 32.1. The molecule has 1 aliphatic rings. The molecule has 1 aliphatic carbocycles. The highest BCUT2D eigenvalue weighted by Gasteiger charge is 2.27. The van der Waals surface area contributed by atoms with E-state index in [2.05, 4.69) is 46.4 Å². The van der Waals surface area contributed by atoms with Crippen molar-refractivity contribution in [2.45, 2.75) is 46.2 Å². The van der Waals surface area contributed by atoms with Gasteiger partial charge in [-0.2, -0.15) is 0 Å². The average molecular weight is 324 g/mol. The van der Waals surface area contributed by atoms with Crippen molar-refractivity contribution >= 4 is 17.3 Å². The maximum atomic E-state index is 4.78. The molecule has 0 radical (unpaired) electrons. The van der Waals surface area contributed by atoms with Gasteiger partial charge in [0.15, 0.2) is 5.96 Å². The van der Waals surface area contributed by atoms with Crippen LogP contribution >= 0.6 is 11.3 Å². The zero-order valence-corrected chi connectivity index (χ0v) is 15.1. The number of nitrogens with one attached hydrogen (secondary N) is 1. The van der Waals surface area contributed by atoms with E-state index in [0.717, 1.165) is 55.4 Å². The molecule has 1 N–H and O–H groups in total. The van der Waals surface area contributed by atoms with E-state index in [-0.39, 0.29) is 0 Å². The van der Waals surface area contributed by atoms with E-state index in [1.807, 2.05) is 6.92 Å². The summed E-state index contributed by atoms with van der Waals surface area (Å²) in [7, 11) is 2.08. The molecule has 1 fully saturated rings. The Morgan fingerprint density at radius 1 is 1.45 bits per heavy atom. The average Bonchev–Trinajstić information content (AvgIpc) is 3.25. The third-order valence-corrected chi connectivity index (χ3v) is 4.70. The maximum absolute atomic E-state index is 4.78. The molecule has 0 bridgehead atoms. The summed E-state index contributed by atoms with van der Waals surface area (Å²) in [5.41, 5.74) is 1.11. The Hall–Kier alpha value is -1.14. The Morgan fingerprint density at radius 2 is 2.23 bits per heavy atom. The molecule has 0 aromatic carbocycles. The van der Waals surface area contributed by atoms with Gasteiger partial charge in [0.1, 0.15) is 0 Å². The molecule has 1 aromatic rings. The molecule has 0 aliphatic heterocycles. The number of thiazole rings is 1. The Morgan fingerprint density at radius 3 is 2.77 bits per heavy atom. The lowest BCUT2D eigenvalue weighted by molar-refractivity contribution is 0.285. The summed E-state index contributed by atoms with van der Waals surface area (Å²) >= 11 is 1.70. The van der Waals surface area contributed by atoms with Crippen LogP contribution in [0.25, 0.3) is 0 Å². The van der Waals surface area contributed by atoms with E-state index in [9.17, 15) is 0 Å². The summed E-state index contributed by atoms with van der Waals surface area (Å²) in [6.07, 6.45) is 2.72. The molecule has 1 aromatic heterocycles. The van der Waals surface area contributed by atoms with E-state index in [4.69, 9.17) is 4.99 Å². The first-order valence-electron chi connectivity index (χ1n) is 8.28. The number of likely N-dealkylation sites (N-methyl/N-ethyl adjacent to an activating group) is 1. The lowest BCUT2D eigenvalue weighted by atomic mass is 10.4. The van der Waals surface area contributed by atoms with Gasteiger partial charge in [0.25, 0.3) is 0 Å². The van der Waals surface area contributed by atoms with Crippen molar-refractivity contribution in [1.82, 2.24) is 20.1 Å². The second-order valence-corrected chi connectivity index (χ2v) is 6.87. The fourth-order valence-corrected chi connectivity index (χ4v) is 3.20. The predicted octanol–water partition coefficient (Wildman–Crippen LogP) is 2.33. The summed E-state index contributed by atoms with van der Waals surface area (Å²) in [6, 6.07) is 0.818. The van der Waals surface area contributed by atoms with E-state index in [1.165, 1.54) is 12.8 Å².